The molecule has 0 spiro atoms. The van der Waals surface area contributed by atoms with Gasteiger partial charge in [0, 0.05) is 31.7 Å². The summed E-state index contributed by atoms with van der Waals surface area (Å²) < 4.78 is 0. The van der Waals surface area contributed by atoms with Crippen molar-refractivity contribution in [2.45, 2.75) is 32.9 Å². The number of nitrogens with one attached hydrogen (secondary N) is 2. The number of nitrogens with zero attached hydrogens (tertiary/aromatic N) is 1. The van der Waals surface area contributed by atoms with Crippen LogP contribution in [0.25, 0.3) is 0 Å². The second kappa shape index (κ2) is 7.83. The molecule has 2 N–H and O–H groups in total. The molecule has 3 amide bonds. The zero-order valence-corrected chi connectivity index (χ0v) is 14.4. The molecule has 5 nitrogen and oxygen atoms in total. The summed E-state index contributed by atoms with van der Waals surface area (Å²) in [5.41, 5.74) is 4.18. The van der Waals surface area contributed by atoms with E-state index in [-0.39, 0.29) is 11.9 Å². The minimum atomic E-state index is -0.194. The molecule has 2 aromatic carbocycles. The third-order valence-corrected chi connectivity index (χ3v) is 4.31. The lowest BCUT2D eigenvalue weighted by Gasteiger charge is -2.16. The molecule has 0 saturated carbocycles. The van der Waals surface area contributed by atoms with Gasteiger partial charge in [-0.2, -0.15) is 0 Å². The molecule has 3 rings (SSSR count). The van der Waals surface area contributed by atoms with Gasteiger partial charge in [-0.1, -0.05) is 42.0 Å². The summed E-state index contributed by atoms with van der Waals surface area (Å²) in [4.78, 5) is 25.5. The fraction of sp³-hybridized carbons (Fsp3) is 0.300. The van der Waals surface area contributed by atoms with Crippen molar-refractivity contribution in [1.82, 2.24) is 10.6 Å². The molecule has 1 heterocycles. The molecule has 0 aliphatic carbocycles. The van der Waals surface area contributed by atoms with E-state index in [2.05, 4.69) is 16.7 Å². The Morgan fingerprint density at radius 3 is 2.40 bits per heavy atom. The number of benzene rings is 2. The second-order valence-electron chi connectivity index (χ2n) is 6.34. The predicted molar refractivity (Wildman–Crippen MR) is 98.3 cm³/mol. The maximum absolute atomic E-state index is 11.9. The lowest BCUT2D eigenvalue weighted by atomic mass is 10.1. The molecule has 1 saturated heterocycles. The van der Waals surface area contributed by atoms with Gasteiger partial charge in [0.25, 0.3) is 0 Å². The highest BCUT2D eigenvalue weighted by Crippen LogP contribution is 2.21. The van der Waals surface area contributed by atoms with Gasteiger partial charge in [0.1, 0.15) is 0 Å². The standard InChI is InChI=1S/C20H23N3O2/c1-15-4-2-5-17(12-15)14-22-20(25)21-13-16-7-9-18(10-8-16)23-11-3-6-19(23)24/h2,4-5,7-10,12H,3,6,11,13-14H2,1H3,(H2,21,22,25). The SMILES string of the molecule is Cc1cccc(CNC(=O)NCc2ccc(N3CCCC3=O)cc2)c1. The van der Waals surface area contributed by atoms with Gasteiger partial charge in [-0.15, -0.1) is 0 Å². The van der Waals surface area contributed by atoms with Gasteiger partial charge in [-0.25, -0.2) is 4.79 Å². The summed E-state index contributed by atoms with van der Waals surface area (Å²) in [5.74, 6) is 0.182. The largest absolute Gasteiger partial charge is 0.334 e. The number of carbonyl (C=O) groups is 2. The van der Waals surface area contributed by atoms with Crippen LogP contribution in [0.3, 0.4) is 0 Å². The van der Waals surface area contributed by atoms with E-state index in [0.29, 0.717) is 19.5 Å². The quantitative estimate of drug-likeness (QED) is 0.880. The van der Waals surface area contributed by atoms with Crippen molar-refractivity contribution in [2.24, 2.45) is 0 Å². The Morgan fingerprint density at radius 2 is 1.76 bits per heavy atom. The van der Waals surface area contributed by atoms with Crippen LogP contribution in [0, 0.1) is 6.92 Å². The van der Waals surface area contributed by atoms with E-state index in [9.17, 15) is 9.59 Å². The maximum Gasteiger partial charge on any atom is 0.315 e. The molecule has 0 aromatic heterocycles. The van der Waals surface area contributed by atoms with Crippen LogP contribution in [-0.4, -0.2) is 18.5 Å². The van der Waals surface area contributed by atoms with Gasteiger partial charge in [0.05, 0.1) is 0 Å². The van der Waals surface area contributed by atoms with Crippen molar-refractivity contribution in [1.29, 1.82) is 0 Å². The van der Waals surface area contributed by atoms with Crippen molar-refractivity contribution in [3.63, 3.8) is 0 Å². The number of anilines is 1. The van der Waals surface area contributed by atoms with Gasteiger partial charge < -0.3 is 15.5 Å². The average Bonchev–Trinajstić information content (AvgIpc) is 3.05. The summed E-state index contributed by atoms with van der Waals surface area (Å²) in [6.45, 7) is 3.78. The molecule has 1 fully saturated rings. The summed E-state index contributed by atoms with van der Waals surface area (Å²) >= 11 is 0. The maximum atomic E-state index is 11.9. The van der Waals surface area contributed by atoms with Crippen molar-refractivity contribution in [3.05, 3.63) is 65.2 Å². The lowest BCUT2D eigenvalue weighted by Crippen LogP contribution is -2.34. The summed E-state index contributed by atoms with van der Waals surface area (Å²) in [6, 6.07) is 15.6. The highest BCUT2D eigenvalue weighted by molar-refractivity contribution is 5.95. The van der Waals surface area contributed by atoms with Crippen molar-refractivity contribution >= 4 is 17.6 Å². The van der Waals surface area contributed by atoms with Gasteiger partial charge in [-0.05, 0) is 36.6 Å². The van der Waals surface area contributed by atoms with Crippen LogP contribution in [0.4, 0.5) is 10.5 Å². The van der Waals surface area contributed by atoms with Crippen molar-refractivity contribution < 1.29 is 9.59 Å². The number of amides is 3. The molecule has 130 valence electrons. The van der Waals surface area contributed by atoms with Crippen molar-refractivity contribution in [3.8, 4) is 0 Å². The highest BCUT2D eigenvalue weighted by Gasteiger charge is 2.21. The fourth-order valence-electron chi connectivity index (χ4n) is 2.96. The number of rotatable bonds is 5. The Balaban J connectivity index is 1.46. The first-order chi connectivity index (χ1) is 12.1. The van der Waals surface area contributed by atoms with Crippen LogP contribution >= 0.6 is 0 Å². The normalized spacial score (nSPS) is 13.8. The number of urea groups is 1. The number of carbonyl (C=O) groups excluding carboxylic acids is 2. The number of hydrogen-bond acceptors (Lipinski definition) is 2. The Labute approximate surface area is 148 Å². The van der Waals surface area contributed by atoms with E-state index in [1.807, 2.05) is 54.3 Å². The van der Waals surface area contributed by atoms with E-state index < -0.39 is 0 Å². The van der Waals surface area contributed by atoms with Crippen molar-refractivity contribution in [2.75, 3.05) is 11.4 Å². The molecule has 0 atom stereocenters. The van der Waals surface area contributed by atoms with Crippen LogP contribution in [0.1, 0.15) is 29.5 Å². The van der Waals surface area contributed by atoms with Gasteiger partial charge in [0.15, 0.2) is 0 Å². The molecule has 0 unspecified atom stereocenters. The van der Waals surface area contributed by atoms with E-state index in [4.69, 9.17) is 0 Å². The molecule has 5 heteroatoms. The van der Waals surface area contributed by atoms with Gasteiger partial charge in [0.2, 0.25) is 5.91 Å². The second-order valence-corrected chi connectivity index (χ2v) is 6.34. The minimum Gasteiger partial charge on any atom is -0.334 e. The van der Waals surface area contributed by atoms with Gasteiger partial charge in [-0.3, -0.25) is 4.79 Å². The summed E-state index contributed by atoms with van der Waals surface area (Å²) in [6.07, 6.45) is 1.55. The first kappa shape index (κ1) is 17.0. The van der Waals surface area contributed by atoms with E-state index in [1.165, 1.54) is 5.56 Å². The summed E-state index contributed by atoms with van der Waals surface area (Å²) in [5, 5.41) is 5.71. The Bertz CT molecular complexity index is 756. The Hall–Kier alpha value is -2.82. The predicted octanol–water partition coefficient (Wildman–Crippen LogP) is 3.12. The smallest absolute Gasteiger partial charge is 0.315 e. The van der Waals surface area contributed by atoms with E-state index in [0.717, 1.165) is 29.8 Å². The molecule has 1 aliphatic heterocycles. The molecule has 25 heavy (non-hydrogen) atoms. The van der Waals surface area contributed by atoms with Crippen LogP contribution in [0.2, 0.25) is 0 Å². The minimum absolute atomic E-state index is 0.182. The third-order valence-electron chi connectivity index (χ3n) is 4.31. The Kier molecular flexibility index (Phi) is 5.33. The molecule has 2 aromatic rings. The monoisotopic (exact) mass is 337 g/mol. The average molecular weight is 337 g/mol. The van der Waals surface area contributed by atoms with Gasteiger partial charge >= 0.3 is 6.03 Å². The molecule has 0 radical (unpaired) electrons. The van der Waals surface area contributed by atoms with Crippen LogP contribution in [0.15, 0.2) is 48.5 Å². The molecular weight excluding hydrogens is 314 g/mol. The summed E-state index contributed by atoms with van der Waals surface area (Å²) in [7, 11) is 0. The Morgan fingerprint density at radius 1 is 1.04 bits per heavy atom. The topological polar surface area (TPSA) is 61.4 Å². The van der Waals surface area contributed by atoms with Crippen LogP contribution in [0.5, 0.6) is 0 Å². The van der Waals surface area contributed by atoms with E-state index in [1.54, 1.807) is 0 Å². The third kappa shape index (κ3) is 4.59. The van der Waals surface area contributed by atoms with Crippen LogP contribution < -0.4 is 15.5 Å². The first-order valence-corrected chi connectivity index (χ1v) is 8.58. The van der Waals surface area contributed by atoms with E-state index >= 15 is 0 Å². The zero-order chi connectivity index (χ0) is 17.6. The number of hydrogen-bond donors (Lipinski definition) is 2. The fourth-order valence-corrected chi connectivity index (χ4v) is 2.96. The molecular formula is C20H23N3O2. The first-order valence-electron chi connectivity index (χ1n) is 8.58. The molecule has 1 aliphatic rings. The molecule has 0 bridgehead atoms. The highest BCUT2D eigenvalue weighted by atomic mass is 16.2. The zero-order valence-electron chi connectivity index (χ0n) is 14.4. The number of aryl methyl sites for hydroxylation is 1. The lowest BCUT2D eigenvalue weighted by molar-refractivity contribution is -0.117. The van der Waals surface area contributed by atoms with Crippen LogP contribution in [-0.2, 0) is 17.9 Å².